The monoisotopic (exact) mass is 1980 g/mol. The van der Waals surface area contributed by atoms with Gasteiger partial charge < -0.3 is 43.8 Å². The van der Waals surface area contributed by atoms with E-state index in [2.05, 4.69) is 129 Å². The number of Topliss-reactive ketones (excluding diaryl/α,β-unsaturated/α-hetero) is 1. The van der Waals surface area contributed by atoms with Crippen LogP contribution in [0.3, 0.4) is 0 Å². The van der Waals surface area contributed by atoms with Gasteiger partial charge in [-0.3, -0.25) is 38.7 Å². The number of nitrogens with zero attached hydrogens (tertiary/aromatic N) is 9. The Morgan fingerprint density at radius 3 is 1.43 bits per heavy atom. The number of carbonyl (C=O) groups is 6. The number of allylic oxidation sites excluding steroid dienone is 12. The van der Waals surface area contributed by atoms with Gasteiger partial charge in [0.2, 0.25) is 29.7 Å². The number of carbonyl (C=O) groups excluding carboxylic acids is 6. The van der Waals surface area contributed by atoms with Crippen molar-refractivity contribution in [2.45, 2.75) is 116 Å². The Morgan fingerprint density at radius 1 is 0.432 bits per heavy atom. The van der Waals surface area contributed by atoms with Crippen LogP contribution >= 0.6 is 0 Å². The van der Waals surface area contributed by atoms with Crippen LogP contribution in [0.5, 0.6) is 0 Å². The van der Waals surface area contributed by atoms with Crippen LogP contribution in [0.25, 0.3) is 56.7 Å². The predicted molar refractivity (Wildman–Crippen MR) is 585 cm³/mol. The van der Waals surface area contributed by atoms with E-state index in [1.165, 1.54) is 54.4 Å². The summed E-state index contributed by atoms with van der Waals surface area (Å²) in [6, 6.07) is 93.9. The van der Waals surface area contributed by atoms with E-state index in [1.807, 2.05) is 273 Å². The van der Waals surface area contributed by atoms with E-state index in [0.717, 1.165) is 181 Å². The molecule has 0 spiro atoms. The molecule has 1 atom stereocenters. The van der Waals surface area contributed by atoms with E-state index in [9.17, 15) is 28.8 Å². The summed E-state index contributed by atoms with van der Waals surface area (Å²) in [4.78, 5) is 112. The van der Waals surface area contributed by atoms with Gasteiger partial charge in [-0.05, 0) is 243 Å². The van der Waals surface area contributed by atoms with Gasteiger partial charge in [0.1, 0.15) is 0 Å². The zero-order chi connectivity index (χ0) is 103. The smallest absolute Gasteiger partial charge is 0.368 e. The molecule has 1 aliphatic heterocycles. The Hall–Kier alpha value is -17.5. The van der Waals surface area contributed by atoms with Gasteiger partial charge in [0, 0.05) is 130 Å². The minimum absolute atomic E-state index is 0.00135. The van der Waals surface area contributed by atoms with Crippen molar-refractivity contribution in [2.24, 2.45) is 17.6 Å². The second-order valence-electron chi connectivity index (χ2n) is 36.6. The van der Waals surface area contributed by atoms with E-state index >= 15 is 0 Å². The molecule has 25 nitrogen and oxygen atoms in total. The van der Waals surface area contributed by atoms with Crippen molar-refractivity contribution in [1.82, 2.24) is 60.7 Å². The fraction of sp³-hybridized carbons (Fsp3) is 0.197. The maximum absolute atomic E-state index is 13.6. The Kier molecular flexibility index (Phi) is 37.3. The van der Waals surface area contributed by atoms with Crippen LogP contribution < -0.4 is 38.9 Å². The van der Waals surface area contributed by atoms with E-state index < -0.39 is 10.6 Å². The zero-order valence-electron chi connectivity index (χ0n) is 82.7. The molecule has 26 heteroatoms. The van der Waals surface area contributed by atoms with Crippen LogP contribution in [-0.2, 0) is 58.8 Å². The standard InChI is InChI=1S/C34H34N2O2.C24H22N4O.C23H26N4O.C23H20N4O.C18H16N2O.O3S/c1-25(37)36-20-17-28(18-21-36)32-23-30(24-33(32)34(38)15-13-27-10-6-3-7-11-27)29-16-19-35-31(22-29)14-12-26-8-4-2-5-9-26;25-24-27-14-12-22(28-24)19-15-20(18-9-5-2-6-10-18)21(16-19)23(29)26-13-11-17-7-3-1-4-8-17;2*24-23-25-12-11-21(27-23)18-13-19(17-9-5-2-6-10-17)20(14-18)22(28)26-15-16-7-3-1-4-8-16;1-12-15(14-7-9-20-10-8-14)11-16(17(12)18(19)21)13-5-3-2-4-6-13;1-4(2)3/h2-12,14,16,19,22,24,28H,13,15,17-18,20-21,23H2,1H3;1-10,12,14-16,19H,11,13H2,(H,26,29)(H2,25,27,28);2,5-6,9-12,14,16H,1,3-4,7-8,13,15H2,(H,26,28)(H2,24,25,27);1-12,14H,13,15H2,(H,26,28)(H2,24,25,27);2-10H,11H2,1H3,(H2,19,21);/b14-12+;;;;;. The van der Waals surface area contributed by atoms with Crippen molar-refractivity contribution in [3.63, 3.8) is 0 Å². The Bertz CT molecular complexity index is 7390. The number of nitrogens with two attached hydrogens (primary N) is 4. The molecule has 20 rings (SSSR count). The maximum atomic E-state index is 13.6. The van der Waals surface area contributed by atoms with Crippen molar-refractivity contribution in [3.05, 3.63) is 470 Å². The zero-order valence-corrected chi connectivity index (χ0v) is 83.5. The van der Waals surface area contributed by atoms with Crippen LogP contribution in [0.1, 0.15) is 175 Å². The number of hydrogen-bond acceptors (Lipinski definition) is 20. The number of ketones is 1. The molecule has 5 aromatic heterocycles. The highest BCUT2D eigenvalue weighted by Gasteiger charge is 2.34. The van der Waals surface area contributed by atoms with Crippen LogP contribution in [0.15, 0.2) is 392 Å². The summed E-state index contributed by atoms with van der Waals surface area (Å²) >= 11 is 0. The van der Waals surface area contributed by atoms with Crippen molar-refractivity contribution in [2.75, 3.05) is 43.4 Å². The third kappa shape index (κ3) is 29.4. The van der Waals surface area contributed by atoms with E-state index in [0.29, 0.717) is 60.9 Å². The minimum atomic E-state index is -3.11. The summed E-state index contributed by atoms with van der Waals surface area (Å²) < 4.78 is 25.3. The molecule has 0 bridgehead atoms. The summed E-state index contributed by atoms with van der Waals surface area (Å²) in [6.07, 6.45) is 37.3. The first kappa shape index (κ1) is 105. The van der Waals surface area contributed by atoms with Crippen LogP contribution in [0.2, 0.25) is 0 Å². The molecule has 1 saturated carbocycles. The first-order chi connectivity index (χ1) is 72.1. The van der Waals surface area contributed by atoms with Crippen molar-refractivity contribution in [1.29, 1.82) is 0 Å². The Balaban J connectivity index is 0.000000139. The summed E-state index contributed by atoms with van der Waals surface area (Å²) in [5.41, 5.74) is 51.0. The average Bonchev–Trinajstić information content (AvgIpc) is 1.62. The number of hydrogen-bond donors (Lipinski definition) is 7. The SMILES string of the molecule is CC(=O)N1CCC(C2=C(C(=O)CCc3ccccc3)C=C(c3ccnc(/C=C/c4ccccc4)c3)C2)CC1.CC1=C(c2ccncc2)CC(c2ccccc2)=C1C(N)=O.Nc1nccc(C2=CC(C(=O)NCC3CCCCC3)=C(c3ccccc3)C2)n1.Nc1nccc(C2=CC(C(=O)NCc3ccccc3)=C(c3ccccc3)C2)n1.Nc1nccc(C2C=C(C(=O)NCCc3ccccc3)C(c3ccccc3)=C2)n1.O=S(=O)=O. The second kappa shape index (κ2) is 52.7. The third-order valence-electron chi connectivity index (χ3n) is 26.8. The lowest BCUT2D eigenvalue weighted by Gasteiger charge is -2.32. The molecule has 6 heterocycles. The van der Waals surface area contributed by atoms with Gasteiger partial charge >= 0.3 is 10.6 Å². The first-order valence-electron chi connectivity index (χ1n) is 49.7. The molecular formula is C122H118N16O9S. The molecule has 8 aromatic carbocycles. The van der Waals surface area contributed by atoms with Crippen LogP contribution in [0, 0.1) is 11.8 Å². The molecule has 0 radical (unpaired) electrons. The minimum Gasteiger partial charge on any atom is -0.368 e. The van der Waals surface area contributed by atoms with Gasteiger partial charge in [-0.25, -0.2) is 29.9 Å². The number of aryl methyl sites for hydroxylation is 1. The number of primary amides is 1. The fourth-order valence-corrected chi connectivity index (χ4v) is 19.2. The molecule has 11 N–H and O–H groups in total. The number of aromatic nitrogens is 8. The molecule has 5 amide bonds. The lowest BCUT2D eigenvalue weighted by molar-refractivity contribution is -0.130. The number of benzene rings is 8. The molecule has 746 valence electrons. The quantitative estimate of drug-likeness (QED) is 0.0251. The summed E-state index contributed by atoms with van der Waals surface area (Å²) in [5, 5.41) is 9.25. The molecule has 13 aromatic rings. The highest BCUT2D eigenvalue weighted by atomic mass is 32.2. The first-order valence-corrected chi connectivity index (χ1v) is 50.7. The maximum Gasteiger partial charge on any atom is 0.425 e. The largest absolute Gasteiger partial charge is 0.425 e. The Labute approximate surface area is 864 Å². The number of anilines is 3. The van der Waals surface area contributed by atoms with Crippen LogP contribution in [0.4, 0.5) is 17.8 Å². The number of pyridine rings is 2. The summed E-state index contributed by atoms with van der Waals surface area (Å²) in [5.74, 6) is 1.31. The van der Waals surface area contributed by atoms with Gasteiger partial charge in [0.05, 0.1) is 22.8 Å². The molecule has 1 saturated heterocycles. The molecule has 148 heavy (non-hydrogen) atoms. The molecule has 2 fully saturated rings. The van der Waals surface area contributed by atoms with E-state index in [-0.39, 0.29) is 59.1 Å². The van der Waals surface area contributed by atoms with Crippen molar-refractivity contribution in [3.8, 4) is 0 Å². The number of piperidine rings is 1. The third-order valence-corrected chi connectivity index (χ3v) is 26.8. The molecule has 6 aliphatic carbocycles. The number of amides is 5. The number of likely N-dealkylation sites (tertiary alicyclic amines) is 1. The van der Waals surface area contributed by atoms with Gasteiger partial charge in [0.25, 0.3) is 17.7 Å². The normalized spacial score (nSPS) is 15.3. The predicted octanol–water partition coefficient (Wildman–Crippen LogP) is 20.1. The fourth-order valence-electron chi connectivity index (χ4n) is 19.2. The number of nitrogen functional groups attached to an aromatic ring is 3. The van der Waals surface area contributed by atoms with E-state index in [1.54, 1.807) is 37.9 Å². The average molecular weight is 1980 g/mol. The van der Waals surface area contributed by atoms with Gasteiger partial charge in [0.15, 0.2) is 5.78 Å². The van der Waals surface area contributed by atoms with Crippen molar-refractivity contribution < 1.29 is 41.4 Å². The number of rotatable bonds is 27. The highest BCUT2D eigenvalue weighted by molar-refractivity contribution is 7.59. The molecule has 1 unspecified atom stereocenters. The number of nitrogens with one attached hydrogen (secondary N) is 3. The van der Waals surface area contributed by atoms with Gasteiger partial charge in [-0.2, -0.15) is 0 Å². The van der Waals surface area contributed by atoms with Crippen molar-refractivity contribution >= 4 is 121 Å². The summed E-state index contributed by atoms with van der Waals surface area (Å²) in [6.45, 7) is 6.94. The van der Waals surface area contributed by atoms with Gasteiger partial charge in [-0.1, -0.05) is 286 Å². The lowest BCUT2D eigenvalue weighted by Crippen LogP contribution is -2.37. The highest BCUT2D eigenvalue weighted by Crippen LogP contribution is 2.46. The van der Waals surface area contributed by atoms with Gasteiger partial charge in [-0.15, -0.1) is 12.6 Å². The van der Waals surface area contributed by atoms with E-state index in [4.69, 9.17) is 35.6 Å². The Morgan fingerprint density at radius 2 is 0.899 bits per heavy atom. The summed E-state index contributed by atoms with van der Waals surface area (Å²) in [7, 11) is -3.11. The van der Waals surface area contributed by atoms with Crippen LogP contribution in [-0.4, -0.2) is 119 Å². The molecule has 7 aliphatic rings. The molecular weight excluding hydrogens is 1870 g/mol. The topological polar surface area (TPSA) is 400 Å². The second-order valence-corrected chi connectivity index (χ2v) is 37.0. The lowest BCUT2D eigenvalue weighted by atomic mass is 9.84.